The SMILES string of the molecule is Fc1cncc2cn[nH]c12. The lowest BCUT2D eigenvalue weighted by atomic mass is 10.3. The third-order valence-electron chi connectivity index (χ3n) is 1.31. The molecule has 2 rings (SSSR count). The van der Waals surface area contributed by atoms with Crippen LogP contribution in [0.2, 0.25) is 0 Å². The molecule has 0 aliphatic rings. The lowest BCUT2D eigenvalue weighted by Crippen LogP contribution is -1.78. The van der Waals surface area contributed by atoms with Crippen molar-refractivity contribution in [3.05, 3.63) is 24.4 Å². The standard InChI is InChI=1S/C6H4FN3/c7-5-3-8-1-4-2-9-10-6(4)5/h1-3H,(H,9,10). The molecule has 50 valence electrons. The van der Waals surface area contributed by atoms with Gasteiger partial charge in [0.2, 0.25) is 0 Å². The minimum atomic E-state index is -0.366. The quantitative estimate of drug-likeness (QED) is 0.590. The molecule has 0 saturated carbocycles. The van der Waals surface area contributed by atoms with Crippen LogP contribution >= 0.6 is 0 Å². The summed E-state index contributed by atoms with van der Waals surface area (Å²) in [6.07, 6.45) is 4.24. The van der Waals surface area contributed by atoms with Crippen molar-refractivity contribution in [2.75, 3.05) is 0 Å². The van der Waals surface area contributed by atoms with Gasteiger partial charge in [-0.25, -0.2) is 4.39 Å². The summed E-state index contributed by atoms with van der Waals surface area (Å²) in [4.78, 5) is 3.65. The molecule has 0 radical (unpaired) electrons. The van der Waals surface area contributed by atoms with Gasteiger partial charge >= 0.3 is 0 Å². The van der Waals surface area contributed by atoms with Gasteiger partial charge in [0.15, 0.2) is 5.82 Å². The van der Waals surface area contributed by atoms with E-state index in [0.717, 1.165) is 6.20 Å². The van der Waals surface area contributed by atoms with Gasteiger partial charge in [-0.3, -0.25) is 10.1 Å². The van der Waals surface area contributed by atoms with Gasteiger partial charge in [-0.1, -0.05) is 0 Å². The first kappa shape index (κ1) is 5.34. The molecule has 2 aromatic rings. The van der Waals surface area contributed by atoms with E-state index < -0.39 is 0 Å². The fourth-order valence-electron chi connectivity index (χ4n) is 0.832. The molecule has 0 aromatic carbocycles. The molecule has 2 heterocycles. The number of rotatable bonds is 0. The molecule has 4 heteroatoms. The second-order valence-electron chi connectivity index (χ2n) is 1.96. The molecule has 2 aromatic heterocycles. The Morgan fingerprint density at radius 1 is 1.30 bits per heavy atom. The van der Waals surface area contributed by atoms with Crippen LogP contribution in [0.4, 0.5) is 4.39 Å². The minimum Gasteiger partial charge on any atom is -0.275 e. The molecule has 10 heavy (non-hydrogen) atoms. The van der Waals surface area contributed by atoms with E-state index in [0.29, 0.717) is 10.9 Å². The van der Waals surface area contributed by atoms with E-state index >= 15 is 0 Å². The highest BCUT2D eigenvalue weighted by Gasteiger charge is 1.99. The number of halogens is 1. The lowest BCUT2D eigenvalue weighted by molar-refractivity contribution is 0.630. The molecule has 1 N–H and O–H groups in total. The number of nitrogens with one attached hydrogen (secondary N) is 1. The van der Waals surface area contributed by atoms with Crippen molar-refractivity contribution >= 4 is 10.9 Å². The molecule has 0 unspecified atom stereocenters. The molecule has 0 atom stereocenters. The van der Waals surface area contributed by atoms with Crippen molar-refractivity contribution in [1.29, 1.82) is 0 Å². The van der Waals surface area contributed by atoms with Crippen molar-refractivity contribution in [3.8, 4) is 0 Å². The summed E-state index contributed by atoms with van der Waals surface area (Å²) in [5.41, 5.74) is 0.412. The molecular weight excluding hydrogens is 133 g/mol. The molecular formula is C6H4FN3. The zero-order valence-electron chi connectivity index (χ0n) is 5.00. The predicted molar refractivity (Wildman–Crippen MR) is 33.8 cm³/mol. The maximum absolute atomic E-state index is 12.7. The Kier molecular flexibility index (Phi) is 0.943. The average molecular weight is 137 g/mol. The van der Waals surface area contributed by atoms with E-state index in [4.69, 9.17) is 0 Å². The summed E-state index contributed by atoms with van der Waals surface area (Å²) in [6, 6.07) is 0. The first-order chi connectivity index (χ1) is 4.88. The lowest BCUT2D eigenvalue weighted by Gasteiger charge is -1.86. The Balaban J connectivity index is 2.95. The van der Waals surface area contributed by atoms with E-state index in [1.165, 1.54) is 6.20 Å². The number of H-pyrrole nitrogens is 1. The number of aromatic amines is 1. The normalized spacial score (nSPS) is 10.5. The highest BCUT2D eigenvalue weighted by atomic mass is 19.1. The first-order valence-electron chi connectivity index (χ1n) is 2.80. The van der Waals surface area contributed by atoms with Crippen LogP contribution in [-0.2, 0) is 0 Å². The largest absolute Gasteiger partial charge is 0.275 e. The molecule has 0 spiro atoms. The van der Waals surface area contributed by atoms with E-state index in [2.05, 4.69) is 15.2 Å². The summed E-state index contributed by atoms with van der Waals surface area (Å²) >= 11 is 0. The zero-order valence-corrected chi connectivity index (χ0v) is 5.00. The van der Waals surface area contributed by atoms with Crippen LogP contribution in [0.1, 0.15) is 0 Å². The number of nitrogens with zero attached hydrogens (tertiary/aromatic N) is 2. The Morgan fingerprint density at radius 3 is 3.00 bits per heavy atom. The summed E-state index contributed by atoms with van der Waals surface area (Å²) in [5, 5.41) is 6.87. The van der Waals surface area contributed by atoms with Gasteiger partial charge in [0.1, 0.15) is 5.52 Å². The highest BCUT2D eigenvalue weighted by Crippen LogP contribution is 2.10. The molecule has 0 fully saturated rings. The number of pyridine rings is 1. The predicted octanol–water partition coefficient (Wildman–Crippen LogP) is 1.10. The second-order valence-corrected chi connectivity index (χ2v) is 1.96. The molecule has 0 amide bonds. The van der Waals surface area contributed by atoms with Crippen molar-refractivity contribution in [2.45, 2.75) is 0 Å². The summed E-state index contributed by atoms with van der Waals surface area (Å²) in [7, 11) is 0. The Bertz CT molecular complexity index is 355. The number of fused-ring (bicyclic) bond motifs is 1. The van der Waals surface area contributed by atoms with Crippen LogP contribution in [0.15, 0.2) is 18.6 Å². The van der Waals surface area contributed by atoms with E-state index in [1.807, 2.05) is 0 Å². The van der Waals surface area contributed by atoms with Crippen molar-refractivity contribution in [1.82, 2.24) is 15.2 Å². The van der Waals surface area contributed by atoms with Crippen LogP contribution in [0, 0.1) is 5.82 Å². The fraction of sp³-hybridized carbons (Fsp3) is 0. The number of hydrogen-bond acceptors (Lipinski definition) is 2. The van der Waals surface area contributed by atoms with Crippen LogP contribution in [0.25, 0.3) is 10.9 Å². The molecule has 0 aliphatic heterocycles. The van der Waals surface area contributed by atoms with Crippen molar-refractivity contribution in [2.24, 2.45) is 0 Å². The highest BCUT2D eigenvalue weighted by molar-refractivity contribution is 5.76. The molecule has 0 saturated heterocycles. The van der Waals surface area contributed by atoms with Crippen LogP contribution in [0.3, 0.4) is 0 Å². The average Bonchev–Trinajstić information content (AvgIpc) is 2.36. The van der Waals surface area contributed by atoms with Gasteiger partial charge in [0.05, 0.1) is 12.4 Å². The van der Waals surface area contributed by atoms with Crippen LogP contribution < -0.4 is 0 Å². The third-order valence-corrected chi connectivity index (χ3v) is 1.31. The Morgan fingerprint density at radius 2 is 2.20 bits per heavy atom. The van der Waals surface area contributed by atoms with E-state index in [9.17, 15) is 4.39 Å². The molecule has 0 aliphatic carbocycles. The van der Waals surface area contributed by atoms with E-state index in [1.54, 1.807) is 6.20 Å². The van der Waals surface area contributed by atoms with Gasteiger partial charge < -0.3 is 0 Å². The van der Waals surface area contributed by atoms with Gasteiger partial charge in [0.25, 0.3) is 0 Å². The minimum absolute atomic E-state index is 0.366. The van der Waals surface area contributed by atoms with Gasteiger partial charge in [-0.15, -0.1) is 0 Å². The third kappa shape index (κ3) is 0.586. The van der Waals surface area contributed by atoms with Gasteiger partial charge in [0, 0.05) is 11.6 Å². The molecule has 0 bridgehead atoms. The summed E-state index contributed by atoms with van der Waals surface area (Å²) < 4.78 is 12.7. The van der Waals surface area contributed by atoms with Crippen molar-refractivity contribution < 1.29 is 4.39 Å². The van der Waals surface area contributed by atoms with Crippen molar-refractivity contribution in [3.63, 3.8) is 0 Å². The maximum Gasteiger partial charge on any atom is 0.167 e. The molecule has 3 nitrogen and oxygen atoms in total. The topological polar surface area (TPSA) is 41.6 Å². The first-order valence-corrected chi connectivity index (χ1v) is 2.80. The van der Waals surface area contributed by atoms with E-state index in [-0.39, 0.29) is 5.82 Å². The second kappa shape index (κ2) is 1.76. The van der Waals surface area contributed by atoms with Gasteiger partial charge in [-0.2, -0.15) is 5.10 Å². The van der Waals surface area contributed by atoms with Gasteiger partial charge in [-0.05, 0) is 0 Å². The maximum atomic E-state index is 12.7. The fourth-order valence-corrected chi connectivity index (χ4v) is 0.832. The number of hydrogen-bond donors (Lipinski definition) is 1. The van der Waals surface area contributed by atoms with Crippen LogP contribution in [0.5, 0.6) is 0 Å². The summed E-state index contributed by atoms with van der Waals surface area (Å²) in [5.74, 6) is -0.366. The monoisotopic (exact) mass is 137 g/mol. The zero-order chi connectivity index (χ0) is 6.97. The Labute approximate surface area is 55.9 Å². The smallest absolute Gasteiger partial charge is 0.167 e. The van der Waals surface area contributed by atoms with Crippen LogP contribution in [-0.4, -0.2) is 15.2 Å². The Hall–Kier alpha value is -1.45. The summed E-state index contributed by atoms with van der Waals surface area (Å²) in [6.45, 7) is 0. The number of aromatic nitrogens is 3.